The molecule has 1 aliphatic rings. The summed E-state index contributed by atoms with van der Waals surface area (Å²) in [6.45, 7) is 4.34. The van der Waals surface area contributed by atoms with Crippen LogP contribution in [0.5, 0.6) is 0 Å². The lowest BCUT2D eigenvalue weighted by Crippen LogP contribution is -2.30. The fraction of sp³-hybridized carbons (Fsp3) is 0.500. The van der Waals surface area contributed by atoms with Crippen molar-refractivity contribution in [2.45, 2.75) is 31.6 Å². The molecule has 0 radical (unpaired) electrons. The van der Waals surface area contributed by atoms with Gasteiger partial charge in [0, 0.05) is 17.1 Å². The summed E-state index contributed by atoms with van der Waals surface area (Å²) in [5.41, 5.74) is 0.787. The number of primary sulfonamides is 1. The highest BCUT2D eigenvalue weighted by molar-refractivity contribution is 7.89. The van der Waals surface area contributed by atoms with Crippen molar-refractivity contribution in [3.05, 3.63) is 28.3 Å². The van der Waals surface area contributed by atoms with Crippen LogP contribution in [-0.4, -0.2) is 20.9 Å². The van der Waals surface area contributed by atoms with Crippen LogP contribution in [-0.2, 0) is 10.0 Å². The van der Waals surface area contributed by atoms with E-state index in [9.17, 15) is 13.2 Å². The van der Waals surface area contributed by atoms with Crippen LogP contribution in [0.3, 0.4) is 0 Å². The van der Waals surface area contributed by atoms with E-state index in [1.165, 1.54) is 25.0 Å². The first-order chi connectivity index (χ1) is 9.70. The Kier molecular flexibility index (Phi) is 4.60. The van der Waals surface area contributed by atoms with Gasteiger partial charge in [0.15, 0.2) is 0 Å². The van der Waals surface area contributed by atoms with Gasteiger partial charge in [-0.3, -0.25) is 4.79 Å². The molecule has 1 fully saturated rings. The lowest BCUT2D eigenvalue weighted by molar-refractivity contribution is 0.0946. The van der Waals surface area contributed by atoms with Gasteiger partial charge in [0.2, 0.25) is 10.0 Å². The number of rotatable bonds is 5. The van der Waals surface area contributed by atoms with Gasteiger partial charge < -0.3 is 5.32 Å². The molecule has 0 aromatic heterocycles. The van der Waals surface area contributed by atoms with Crippen molar-refractivity contribution in [1.29, 1.82) is 0 Å². The molecule has 0 saturated heterocycles. The molecule has 21 heavy (non-hydrogen) atoms. The van der Waals surface area contributed by atoms with Gasteiger partial charge in [0.05, 0.1) is 4.90 Å². The summed E-state index contributed by atoms with van der Waals surface area (Å²) in [6, 6.07) is 2.53. The summed E-state index contributed by atoms with van der Waals surface area (Å²) in [5, 5.41) is 8.14. The molecular weight excluding hydrogens is 312 g/mol. The lowest BCUT2D eigenvalue weighted by atomic mass is 10.1. The fourth-order valence-electron chi connectivity index (χ4n) is 2.23. The number of sulfonamides is 1. The second-order valence-electron chi connectivity index (χ2n) is 5.65. The maximum Gasteiger partial charge on any atom is 0.251 e. The van der Waals surface area contributed by atoms with E-state index in [0.29, 0.717) is 23.9 Å². The molecule has 1 aliphatic carbocycles. The third-order valence-electron chi connectivity index (χ3n) is 3.90. The Balaban J connectivity index is 2.21. The van der Waals surface area contributed by atoms with Gasteiger partial charge in [0.1, 0.15) is 0 Å². The van der Waals surface area contributed by atoms with Crippen LogP contribution in [0.2, 0.25) is 5.02 Å². The van der Waals surface area contributed by atoms with E-state index in [4.69, 9.17) is 16.7 Å². The second-order valence-corrected chi connectivity index (χ2v) is 7.62. The highest BCUT2D eigenvalue weighted by Gasteiger charge is 2.28. The summed E-state index contributed by atoms with van der Waals surface area (Å²) in [5.74, 6) is 0.782. The average Bonchev–Trinajstić information content (AvgIpc) is 3.21. The number of hydrogen-bond donors (Lipinski definition) is 2. The highest BCUT2D eigenvalue weighted by Crippen LogP contribution is 2.36. The number of halogens is 1. The van der Waals surface area contributed by atoms with Crippen molar-refractivity contribution < 1.29 is 13.2 Å². The molecule has 1 saturated carbocycles. The van der Waals surface area contributed by atoms with Gasteiger partial charge >= 0.3 is 0 Å². The first-order valence-corrected chi connectivity index (χ1v) is 8.73. The van der Waals surface area contributed by atoms with E-state index < -0.39 is 10.0 Å². The minimum Gasteiger partial charge on any atom is -0.352 e. The van der Waals surface area contributed by atoms with Gasteiger partial charge in [-0.2, -0.15) is 0 Å². The molecule has 2 rings (SSSR count). The molecule has 1 atom stereocenters. The Morgan fingerprint density at radius 3 is 2.62 bits per heavy atom. The van der Waals surface area contributed by atoms with Crippen molar-refractivity contribution in [3.8, 4) is 0 Å². The van der Waals surface area contributed by atoms with E-state index in [1.54, 1.807) is 6.92 Å². The number of benzene rings is 1. The number of amides is 1. The van der Waals surface area contributed by atoms with Crippen LogP contribution in [0.4, 0.5) is 0 Å². The van der Waals surface area contributed by atoms with Gasteiger partial charge in [-0.25, -0.2) is 13.6 Å². The molecule has 1 aromatic rings. The molecule has 0 bridgehead atoms. The molecule has 1 aromatic carbocycles. The standard InChI is InChI=1S/C14H19ClN2O3S/c1-8(10-3-4-10)7-17-14(18)12-5-11(21(16,19)20)6-13(15)9(12)2/h5-6,8,10H,3-4,7H2,1-2H3,(H,17,18)(H2,16,19,20). The molecule has 1 amide bonds. The average molecular weight is 331 g/mol. The normalized spacial score (nSPS) is 16.6. The predicted molar refractivity (Wildman–Crippen MR) is 81.8 cm³/mol. The Hall–Kier alpha value is -1.11. The van der Waals surface area contributed by atoms with E-state index in [2.05, 4.69) is 12.2 Å². The number of nitrogens with two attached hydrogens (primary N) is 1. The Morgan fingerprint density at radius 2 is 2.10 bits per heavy atom. The first-order valence-electron chi connectivity index (χ1n) is 6.81. The van der Waals surface area contributed by atoms with Gasteiger partial charge in [-0.05, 0) is 49.3 Å². The van der Waals surface area contributed by atoms with Crippen LogP contribution in [0.25, 0.3) is 0 Å². The minimum absolute atomic E-state index is 0.154. The third kappa shape index (κ3) is 3.96. The Labute approximate surface area is 129 Å². The third-order valence-corrected chi connectivity index (χ3v) is 5.19. The first kappa shape index (κ1) is 16.3. The van der Waals surface area contributed by atoms with Crippen molar-refractivity contribution >= 4 is 27.5 Å². The van der Waals surface area contributed by atoms with Crippen molar-refractivity contribution in [2.75, 3.05) is 6.54 Å². The SMILES string of the molecule is Cc1c(Cl)cc(S(N)(=O)=O)cc1C(=O)NCC(C)C1CC1. The van der Waals surface area contributed by atoms with Crippen LogP contribution in [0, 0.1) is 18.8 Å². The Morgan fingerprint density at radius 1 is 1.48 bits per heavy atom. The van der Waals surface area contributed by atoms with Crippen molar-refractivity contribution in [1.82, 2.24) is 5.32 Å². The van der Waals surface area contributed by atoms with E-state index in [1.807, 2.05) is 0 Å². The van der Waals surface area contributed by atoms with Crippen LogP contribution < -0.4 is 10.5 Å². The van der Waals surface area contributed by atoms with Crippen LogP contribution >= 0.6 is 11.6 Å². The monoisotopic (exact) mass is 330 g/mol. The number of carbonyl (C=O) groups excluding carboxylic acids is 1. The summed E-state index contributed by atoms with van der Waals surface area (Å²) in [7, 11) is -3.90. The quantitative estimate of drug-likeness (QED) is 0.866. The summed E-state index contributed by atoms with van der Waals surface area (Å²) in [4.78, 5) is 12.1. The minimum atomic E-state index is -3.90. The van der Waals surface area contributed by atoms with Crippen LogP contribution in [0.1, 0.15) is 35.7 Å². The van der Waals surface area contributed by atoms with Crippen molar-refractivity contribution in [3.63, 3.8) is 0 Å². The zero-order valence-corrected chi connectivity index (χ0v) is 13.6. The van der Waals surface area contributed by atoms with E-state index >= 15 is 0 Å². The second kappa shape index (κ2) is 5.94. The fourth-order valence-corrected chi connectivity index (χ4v) is 3.08. The molecule has 7 heteroatoms. The van der Waals surface area contributed by atoms with Gasteiger partial charge in [0.25, 0.3) is 5.91 Å². The topological polar surface area (TPSA) is 89.3 Å². The summed E-state index contributed by atoms with van der Waals surface area (Å²) < 4.78 is 22.8. The van der Waals surface area contributed by atoms with Gasteiger partial charge in [-0.1, -0.05) is 18.5 Å². The molecule has 116 valence electrons. The maximum atomic E-state index is 12.2. The number of carbonyl (C=O) groups is 1. The number of hydrogen-bond acceptors (Lipinski definition) is 3. The Bertz CT molecular complexity index is 669. The highest BCUT2D eigenvalue weighted by atomic mass is 35.5. The predicted octanol–water partition coefficient (Wildman–Crippen LogP) is 2.07. The molecule has 1 unspecified atom stereocenters. The maximum absolute atomic E-state index is 12.2. The molecule has 3 N–H and O–H groups in total. The smallest absolute Gasteiger partial charge is 0.251 e. The largest absolute Gasteiger partial charge is 0.352 e. The van der Waals surface area contributed by atoms with E-state index in [0.717, 1.165) is 0 Å². The zero-order chi connectivity index (χ0) is 15.8. The van der Waals surface area contributed by atoms with Crippen molar-refractivity contribution in [2.24, 2.45) is 17.0 Å². The summed E-state index contributed by atoms with van der Waals surface area (Å²) >= 11 is 5.99. The number of nitrogens with one attached hydrogen (secondary N) is 1. The molecule has 0 spiro atoms. The summed E-state index contributed by atoms with van der Waals surface area (Å²) in [6.07, 6.45) is 2.42. The molecular formula is C14H19ClN2O3S. The zero-order valence-electron chi connectivity index (χ0n) is 12.0. The van der Waals surface area contributed by atoms with Crippen LogP contribution in [0.15, 0.2) is 17.0 Å². The van der Waals surface area contributed by atoms with Gasteiger partial charge in [-0.15, -0.1) is 0 Å². The lowest BCUT2D eigenvalue weighted by Gasteiger charge is -2.14. The molecule has 0 heterocycles. The molecule has 0 aliphatic heterocycles. The molecule has 5 nitrogen and oxygen atoms in total. The van der Waals surface area contributed by atoms with E-state index in [-0.39, 0.29) is 21.4 Å².